The molecule has 18 heavy (non-hydrogen) atoms. The van der Waals surface area contributed by atoms with Crippen molar-refractivity contribution in [1.29, 1.82) is 0 Å². The van der Waals surface area contributed by atoms with Crippen LogP contribution in [0.25, 0.3) is 11.0 Å². The lowest BCUT2D eigenvalue weighted by molar-refractivity contribution is 0.157. The molecule has 0 amide bonds. The molecule has 0 N–H and O–H groups in total. The van der Waals surface area contributed by atoms with Crippen LogP contribution in [0.4, 0.5) is 4.39 Å². The van der Waals surface area contributed by atoms with Crippen LogP contribution in [0.3, 0.4) is 0 Å². The third-order valence-electron chi connectivity index (χ3n) is 3.75. The molecule has 3 rings (SSSR count). The highest BCUT2D eigenvalue weighted by molar-refractivity contribution is 5.79. The Hall–Kier alpha value is -1.42. The van der Waals surface area contributed by atoms with Crippen LogP contribution in [-0.4, -0.2) is 29.8 Å². The second-order valence-corrected chi connectivity index (χ2v) is 5.00. The van der Waals surface area contributed by atoms with Crippen LogP contribution in [0.15, 0.2) is 28.8 Å². The van der Waals surface area contributed by atoms with Crippen molar-refractivity contribution in [3.63, 3.8) is 0 Å². The summed E-state index contributed by atoms with van der Waals surface area (Å²) in [6.07, 6.45) is 1.90. The van der Waals surface area contributed by atoms with Crippen molar-refractivity contribution in [3.8, 4) is 0 Å². The van der Waals surface area contributed by atoms with Crippen molar-refractivity contribution in [1.82, 2.24) is 10.1 Å². The lowest BCUT2D eigenvalue weighted by Gasteiger charge is -2.29. The van der Waals surface area contributed by atoms with Gasteiger partial charge in [0.25, 0.3) is 0 Å². The van der Waals surface area contributed by atoms with E-state index < -0.39 is 0 Å². The summed E-state index contributed by atoms with van der Waals surface area (Å²) in [6.45, 7) is 2.53. The van der Waals surface area contributed by atoms with Gasteiger partial charge in [0.05, 0.1) is 6.67 Å². The molecule has 1 fully saturated rings. The van der Waals surface area contributed by atoms with Crippen LogP contribution in [-0.2, 0) is 6.54 Å². The average molecular weight is 248 g/mol. The molecule has 1 aromatic carbocycles. The molecule has 1 aliphatic heterocycles. The van der Waals surface area contributed by atoms with Gasteiger partial charge in [-0.05, 0) is 44.0 Å². The molecular formula is C14H17FN2O. The maximum absolute atomic E-state index is 12.5. The van der Waals surface area contributed by atoms with E-state index in [1.54, 1.807) is 0 Å². The summed E-state index contributed by atoms with van der Waals surface area (Å²) in [5.74, 6) is 0.260. The molecule has 0 unspecified atom stereocenters. The highest BCUT2D eigenvalue weighted by Gasteiger charge is 2.20. The molecule has 0 bridgehead atoms. The first-order valence-corrected chi connectivity index (χ1v) is 6.48. The van der Waals surface area contributed by atoms with Crippen molar-refractivity contribution < 1.29 is 8.91 Å². The lowest BCUT2D eigenvalue weighted by atomic mass is 9.98. The van der Waals surface area contributed by atoms with Crippen LogP contribution in [0.1, 0.15) is 18.5 Å². The SMILES string of the molecule is FCC1CCN(Cc2noc3ccccc23)CC1. The molecule has 1 saturated heterocycles. The zero-order valence-corrected chi connectivity index (χ0v) is 10.3. The van der Waals surface area contributed by atoms with E-state index in [9.17, 15) is 4.39 Å². The third-order valence-corrected chi connectivity index (χ3v) is 3.75. The number of para-hydroxylation sites is 1. The number of aromatic nitrogens is 1. The summed E-state index contributed by atoms with van der Waals surface area (Å²) in [4.78, 5) is 2.33. The van der Waals surface area contributed by atoms with Crippen molar-refractivity contribution in [2.24, 2.45) is 5.92 Å². The molecule has 2 heterocycles. The van der Waals surface area contributed by atoms with E-state index in [4.69, 9.17) is 4.52 Å². The van der Waals surface area contributed by atoms with E-state index in [1.807, 2.05) is 24.3 Å². The van der Waals surface area contributed by atoms with Crippen molar-refractivity contribution in [3.05, 3.63) is 30.0 Å². The zero-order chi connectivity index (χ0) is 12.4. The molecule has 3 nitrogen and oxygen atoms in total. The first-order valence-electron chi connectivity index (χ1n) is 6.48. The summed E-state index contributed by atoms with van der Waals surface area (Å²) in [5.41, 5.74) is 1.83. The average Bonchev–Trinajstić information content (AvgIpc) is 2.83. The van der Waals surface area contributed by atoms with Gasteiger partial charge in [-0.25, -0.2) is 0 Å². The largest absolute Gasteiger partial charge is 0.356 e. The van der Waals surface area contributed by atoms with Gasteiger partial charge < -0.3 is 4.52 Å². The number of rotatable bonds is 3. The zero-order valence-electron chi connectivity index (χ0n) is 10.3. The van der Waals surface area contributed by atoms with Gasteiger partial charge >= 0.3 is 0 Å². The van der Waals surface area contributed by atoms with Crippen LogP contribution in [0, 0.1) is 5.92 Å². The lowest BCUT2D eigenvalue weighted by Crippen LogP contribution is -2.33. The molecule has 4 heteroatoms. The molecular weight excluding hydrogens is 231 g/mol. The van der Waals surface area contributed by atoms with E-state index in [0.717, 1.165) is 49.1 Å². The van der Waals surface area contributed by atoms with Crippen molar-refractivity contribution in [2.45, 2.75) is 19.4 Å². The maximum Gasteiger partial charge on any atom is 0.167 e. The number of hydrogen-bond acceptors (Lipinski definition) is 3. The number of fused-ring (bicyclic) bond motifs is 1. The van der Waals surface area contributed by atoms with E-state index in [2.05, 4.69) is 10.1 Å². The standard InChI is InChI=1S/C14H17FN2O/c15-9-11-5-7-17(8-6-11)10-13-12-3-1-2-4-14(12)18-16-13/h1-4,11H,5-10H2. The Kier molecular flexibility index (Phi) is 3.28. The van der Waals surface area contributed by atoms with Gasteiger partial charge in [-0.3, -0.25) is 9.29 Å². The Morgan fingerprint density at radius 3 is 2.83 bits per heavy atom. The maximum atomic E-state index is 12.5. The summed E-state index contributed by atoms with van der Waals surface area (Å²) >= 11 is 0. The highest BCUT2D eigenvalue weighted by Crippen LogP contribution is 2.22. The van der Waals surface area contributed by atoms with Gasteiger partial charge in [0.1, 0.15) is 5.69 Å². The fourth-order valence-electron chi connectivity index (χ4n) is 2.56. The first-order chi connectivity index (χ1) is 8.86. The fraction of sp³-hybridized carbons (Fsp3) is 0.500. The van der Waals surface area contributed by atoms with Crippen LogP contribution >= 0.6 is 0 Å². The minimum Gasteiger partial charge on any atom is -0.356 e. The Morgan fingerprint density at radius 2 is 2.06 bits per heavy atom. The number of halogens is 1. The van der Waals surface area contributed by atoms with Gasteiger partial charge in [-0.2, -0.15) is 0 Å². The summed E-state index contributed by atoms with van der Waals surface area (Å²) in [5, 5.41) is 5.23. The van der Waals surface area contributed by atoms with E-state index in [-0.39, 0.29) is 12.6 Å². The quantitative estimate of drug-likeness (QED) is 0.836. The highest BCUT2D eigenvalue weighted by atomic mass is 19.1. The molecule has 0 atom stereocenters. The number of likely N-dealkylation sites (tertiary alicyclic amines) is 1. The normalized spacial score (nSPS) is 18.5. The van der Waals surface area contributed by atoms with E-state index in [0.29, 0.717) is 0 Å². The van der Waals surface area contributed by atoms with E-state index >= 15 is 0 Å². The smallest absolute Gasteiger partial charge is 0.167 e. The second kappa shape index (κ2) is 5.06. The molecule has 1 aliphatic rings. The molecule has 0 radical (unpaired) electrons. The molecule has 0 spiro atoms. The predicted molar refractivity (Wildman–Crippen MR) is 68.0 cm³/mol. The molecule has 0 aliphatic carbocycles. The Bertz CT molecular complexity index is 517. The number of alkyl halides is 1. The first kappa shape index (κ1) is 11.7. The number of nitrogens with zero attached hydrogens (tertiary/aromatic N) is 2. The Morgan fingerprint density at radius 1 is 1.28 bits per heavy atom. The third kappa shape index (κ3) is 2.25. The predicted octanol–water partition coefficient (Wildman–Crippen LogP) is 3.01. The number of hydrogen-bond donors (Lipinski definition) is 0. The topological polar surface area (TPSA) is 29.3 Å². The second-order valence-electron chi connectivity index (χ2n) is 5.00. The van der Waals surface area contributed by atoms with Crippen LogP contribution in [0.5, 0.6) is 0 Å². The van der Waals surface area contributed by atoms with Gasteiger partial charge in [0.15, 0.2) is 5.58 Å². The minimum atomic E-state index is -0.180. The molecule has 0 saturated carbocycles. The summed E-state index contributed by atoms with van der Waals surface area (Å²) in [7, 11) is 0. The van der Waals surface area contributed by atoms with Crippen LogP contribution < -0.4 is 0 Å². The Labute approximate surface area is 106 Å². The van der Waals surface area contributed by atoms with E-state index in [1.165, 1.54) is 0 Å². The van der Waals surface area contributed by atoms with Crippen molar-refractivity contribution in [2.75, 3.05) is 19.8 Å². The summed E-state index contributed by atoms with van der Waals surface area (Å²) < 4.78 is 17.8. The fourth-order valence-corrected chi connectivity index (χ4v) is 2.56. The van der Waals surface area contributed by atoms with Crippen molar-refractivity contribution >= 4 is 11.0 Å². The van der Waals surface area contributed by atoms with Gasteiger partial charge in [0.2, 0.25) is 0 Å². The molecule has 96 valence electrons. The van der Waals surface area contributed by atoms with Gasteiger partial charge in [-0.1, -0.05) is 17.3 Å². The van der Waals surface area contributed by atoms with Crippen LogP contribution in [0.2, 0.25) is 0 Å². The minimum absolute atomic E-state index is 0.180. The molecule has 1 aromatic heterocycles. The number of benzene rings is 1. The Balaban J connectivity index is 1.70. The monoisotopic (exact) mass is 248 g/mol. The van der Waals surface area contributed by atoms with Gasteiger partial charge in [-0.15, -0.1) is 0 Å². The number of piperidine rings is 1. The summed E-state index contributed by atoms with van der Waals surface area (Å²) in [6, 6.07) is 7.92. The van der Waals surface area contributed by atoms with Gasteiger partial charge in [0, 0.05) is 11.9 Å². The molecule has 2 aromatic rings.